The highest BCUT2D eigenvalue weighted by molar-refractivity contribution is 14.0. The van der Waals surface area contributed by atoms with Gasteiger partial charge in [-0.15, -0.1) is 24.0 Å². The molecular formula is C19H27F2IN6. The molecule has 0 aliphatic carbocycles. The Morgan fingerprint density at radius 1 is 1.18 bits per heavy atom. The molecule has 0 radical (unpaired) electrons. The topological polar surface area (TPSA) is 48.7 Å². The van der Waals surface area contributed by atoms with Gasteiger partial charge in [0.05, 0.1) is 0 Å². The van der Waals surface area contributed by atoms with Gasteiger partial charge in [0.15, 0.2) is 5.96 Å². The first-order valence-corrected chi connectivity index (χ1v) is 9.26. The van der Waals surface area contributed by atoms with Gasteiger partial charge >= 0.3 is 6.55 Å². The van der Waals surface area contributed by atoms with Crippen molar-refractivity contribution in [1.82, 2.24) is 24.7 Å². The van der Waals surface area contributed by atoms with Gasteiger partial charge in [-0.25, -0.2) is 9.98 Å². The first-order valence-electron chi connectivity index (χ1n) is 9.26. The van der Waals surface area contributed by atoms with Crippen molar-refractivity contribution in [2.24, 2.45) is 4.99 Å². The van der Waals surface area contributed by atoms with Gasteiger partial charge in [-0.2, -0.15) is 8.78 Å². The number of nitrogens with one attached hydrogen (secondary N) is 1. The number of rotatable bonds is 6. The lowest BCUT2D eigenvalue weighted by molar-refractivity contribution is 0.0670. The van der Waals surface area contributed by atoms with E-state index in [9.17, 15) is 8.78 Å². The minimum Gasteiger partial charge on any atom is -0.357 e. The summed E-state index contributed by atoms with van der Waals surface area (Å²) in [4.78, 5) is 13.1. The Kier molecular flexibility index (Phi) is 9.10. The van der Waals surface area contributed by atoms with E-state index in [0.717, 1.165) is 49.8 Å². The zero-order chi connectivity index (χ0) is 19.1. The average molecular weight is 504 g/mol. The van der Waals surface area contributed by atoms with Gasteiger partial charge < -0.3 is 10.2 Å². The third-order valence-corrected chi connectivity index (χ3v) is 4.59. The molecule has 0 bridgehead atoms. The molecule has 0 saturated carbocycles. The van der Waals surface area contributed by atoms with Gasteiger partial charge in [-0.05, 0) is 12.5 Å². The van der Waals surface area contributed by atoms with Gasteiger partial charge in [0, 0.05) is 51.7 Å². The van der Waals surface area contributed by atoms with Crippen molar-refractivity contribution in [2.75, 3.05) is 32.7 Å². The molecule has 154 valence electrons. The Hall–Kier alpha value is -1.75. The summed E-state index contributed by atoms with van der Waals surface area (Å²) in [5.41, 5.74) is 1.31. The molecule has 6 nitrogen and oxygen atoms in total. The van der Waals surface area contributed by atoms with Crippen LogP contribution in [-0.2, 0) is 13.1 Å². The second-order valence-electron chi connectivity index (χ2n) is 6.45. The molecule has 2 heterocycles. The highest BCUT2D eigenvalue weighted by Crippen LogP contribution is 2.13. The fourth-order valence-electron chi connectivity index (χ4n) is 3.17. The minimum atomic E-state index is -2.60. The Morgan fingerprint density at radius 3 is 2.54 bits per heavy atom. The van der Waals surface area contributed by atoms with Crippen LogP contribution < -0.4 is 5.32 Å². The van der Waals surface area contributed by atoms with Crippen molar-refractivity contribution in [3.05, 3.63) is 54.1 Å². The van der Waals surface area contributed by atoms with Crippen LogP contribution in [0.1, 0.15) is 24.9 Å². The molecule has 0 spiro atoms. The van der Waals surface area contributed by atoms with E-state index in [-0.39, 0.29) is 36.3 Å². The minimum absolute atomic E-state index is 0. The highest BCUT2D eigenvalue weighted by Gasteiger charge is 2.20. The fourth-order valence-corrected chi connectivity index (χ4v) is 3.17. The summed E-state index contributed by atoms with van der Waals surface area (Å²) in [6.07, 6.45) is 2.66. The Bertz CT molecular complexity index is 729. The first-order chi connectivity index (χ1) is 13.2. The van der Waals surface area contributed by atoms with Gasteiger partial charge in [-0.3, -0.25) is 9.47 Å². The van der Waals surface area contributed by atoms with Gasteiger partial charge in [0.2, 0.25) is 0 Å². The van der Waals surface area contributed by atoms with Crippen LogP contribution >= 0.6 is 24.0 Å². The second kappa shape index (κ2) is 11.3. The zero-order valence-corrected chi connectivity index (χ0v) is 18.3. The predicted octanol–water partition coefficient (Wildman–Crippen LogP) is 3.18. The average Bonchev–Trinajstić information content (AvgIpc) is 3.16. The third-order valence-electron chi connectivity index (χ3n) is 4.59. The van der Waals surface area contributed by atoms with Crippen molar-refractivity contribution in [2.45, 2.75) is 26.6 Å². The maximum Gasteiger partial charge on any atom is 0.319 e. The molecule has 1 aromatic heterocycles. The number of halogens is 3. The quantitative estimate of drug-likeness (QED) is 0.373. The molecule has 28 heavy (non-hydrogen) atoms. The van der Waals surface area contributed by atoms with Gasteiger partial charge in [0.1, 0.15) is 12.4 Å². The zero-order valence-electron chi connectivity index (χ0n) is 16.0. The molecule has 3 rings (SSSR count). The number of nitrogens with zero attached hydrogens (tertiary/aromatic N) is 5. The van der Waals surface area contributed by atoms with E-state index >= 15 is 0 Å². The number of hydrogen-bond donors (Lipinski definition) is 1. The molecule has 1 aromatic carbocycles. The first kappa shape index (κ1) is 22.5. The van der Waals surface area contributed by atoms with E-state index in [1.165, 1.54) is 18.0 Å². The standard InChI is InChI=1S/C19H26F2N6.HI/c1-2-22-19(24-14-17-23-8-9-27(17)18(20)21)26-12-10-25(11-13-26)15-16-6-4-3-5-7-16;/h3-9,18H,2,10-15H2,1H3,(H,22,24);1H. The molecule has 9 heteroatoms. The second-order valence-corrected chi connectivity index (χ2v) is 6.45. The van der Waals surface area contributed by atoms with Gasteiger partial charge in [0.25, 0.3) is 0 Å². The Labute approximate surface area is 181 Å². The summed E-state index contributed by atoms with van der Waals surface area (Å²) < 4.78 is 26.8. The number of imidazole rings is 1. The summed E-state index contributed by atoms with van der Waals surface area (Å²) in [6.45, 7) is 4.77. The van der Waals surface area contributed by atoms with Crippen molar-refractivity contribution in [1.29, 1.82) is 0 Å². The lowest BCUT2D eigenvalue weighted by atomic mass is 10.2. The normalized spacial score (nSPS) is 15.6. The monoisotopic (exact) mass is 504 g/mol. The van der Waals surface area contributed by atoms with Crippen LogP contribution in [0.15, 0.2) is 47.7 Å². The third kappa shape index (κ3) is 6.13. The number of piperazine rings is 1. The number of aromatic nitrogens is 2. The van der Waals surface area contributed by atoms with E-state index in [4.69, 9.17) is 0 Å². The lowest BCUT2D eigenvalue weighted by Crippen LogP contribution is -2.52. The van der Waals surface area contributed by atoms with E-state index in [1.807, 2.05) is 13.0 Å². The number of hydrogen-bond acceptors (Lipinski definition) is 3. The smallest absolute Gasteiger partial charge is 0.319 e. The maximum absolute atomic E-state index is 13.0. The van der Waals surface area contributed by atoms with Crippen LogP contribution in [0.25, 0.3) is 0 Å². The fraction of sp³-hybridized carbons (Fsp3) is 0.474. The molecule has 0 unspecified atom stereocenters. The summed E-state index contributed by atoms with van der Waals surface area (Å²) in [5, 5.41) is 3.26. The van der Waals surface area contributed by atoms with Gasteiger partial charge in [-0.1, -0.05) is 30.3 Å². The van der Waals surface area contributed by atoms with E-state index < -0.39 is 6.55 Å². The number of guanidine groups is 1. The molecule has 1 saturated heterocycles. The van der Waals surface area contributed by atoms with Crippen LogP contribution in [-0.4, -0.2) is 58.0 Å². The highest BCUT2D eigenvalue weighted by atomic mass is 127. The summed E-state index contributed by atoms with van der Waals surface area (Å²) >= 11 is 0. The summed E-state index contributed by atoms with van der Waals surface area (Å²) in [5.74, 6) is 1.02. The van der Waals surface area contributed by atoms with Crippen LogP contribution in [0.3, 0.4) is 0 Å². The van der Waals surface area contributed by atoms with Crippen LogP contribution in [0.4, 0.5) is 8.78 Å². The SMILES string of the molecule is CCNC(=NCc1nccn1C(F)F)N1CCN(Cc2ccccc2)CC1.I. The molecule has 1 N–H and O–H groups in total. The van der Waals surface area contributed by atoms with Crippen molar-refractivity contribution >= 4 is 29.9 Å². The molecular weight excluding hydrogens is 477 g/mol. The molecule has 2 aromatic rings. The molecule has 1 aliphatic rings. The van der Waals surface area contributed by atoms with Crippen molar-refractivity contribution in [3.63, 3.8) is 0 Å². The predicted molar refractivity (Wildman–Crippen MR) is 117 cm³/mol. The largest absolute Gasteiger partial charge is 0.357 e. The Morgan fingerprint density at radius 2 is 1.89 bits per heavy atom. The molecule has 0 atom stereocenters. The van der Waals surface area contributed by atoms with Crippen LogP contribution in [0, 0.1) is 0 Å². The maximum atomic E-state index is 13.0. The number of aliphatic imine (C=N–C) groups is 1. The number of benzene rings is 1. The molecule has 0 amide bonds. The Balaban J connectivity index is 0.00000280. The van der Waals surface area contributed by atoms with Crippen molar-refractivity contribution in [3.8, 4) is 0 Å². The number of alkyl halides is 2. The van der Waals surface area contributed by atoms with E-state index in [1.54, 1.807) is 0 Å². The van der Waals surface area contributed by atoms with Crippen LogP contribution in [0.2, 0.25) is 0 Å². The molecule has 1 aliphatic heterocycles. The summed E-state index contributed by atoms with van der Waals surface area (Å²) in [7, 11) is 0. The van der Waals surface area contributed by atoms with E-state index in [0.29, 0.717) is 0 Å². The van der Waals surface area contributed by atoms with E-state index in [2.05, 4.69) is 49.4 Å². The lowest BCUT2D eigenvalue weighted by Gasteiger charge is -2.36. The summed E-state index contributed by atoms with van der Waals surface area (Å²) in [6, 6.07) is 10.4. The van der Waals surface area contributed by atoms with Crippen LogP contribution in [0.5, 0.6) is 0 Å². The van der Waals surface area contributed by atoms with Crippen molar-refractivity contribution < 1.29 is 8.78 Å². The molecule has 1 fully saturated rings.